The van der Waals surface area contributed by atoms with Gasteiger partial charge >= 0.3 is 0 Å². The molecular weight excluding hydrogens is 480 g/mol. The SMILES string of the molecule is N#Cc1ccc(S(=O)(=O)c2cccc(S(=O)(=O)N3CCC[C@H]3COCc3ccccc3)c2)s1. The van der Waals surface area contributed by atoms with Gasteiger partial charge in [0.1, 0.15) is 15.2 Å². The Morgan fingerprint density at radius 3 is 2.48 bits per heavy atom. The number of hydrogen-bond acceptors (Lipinski definition) is 7. The van der Waals surface area contributed by atoms with Gasteiger partial charge in [0.2, 0.25) is 19.9 Å². The van der Waals surface area contributed by atoms with Gasteiger partial charge in [-0.3, -0.25) is 0 Å². The van der Waals surface area contributed by atoms with E-state index < -0.39 is 19.9 Å². The Hall–Kier alpha value is -2.55. The van der Waals surface area contributed by atoms with Gasteiger partial charge in [0.15, 0.2) is 0 Å². The van der Waals surface area contributed by atoms with Gasteiger partial charge in [-0.2, -0.15) is 9.57 Å². The van der Waals surface area contributed by atoms with Gasteiger partial charge in [-0.1, -0.05) is 36.4 Å². The highest BCUT2D eigenvalue weighted by Crippen LogP contribution is 2.31. The van der Waals surface area contributed by atoms with Crippen LogP contribution in [0.25, 0.3) is 0 Å². The Kier molecular flexibility index (Phi) is 6.97. The fourth-order valence-corrected chi connectivity index (χ4v) is 8.11. The first kappa shape index (κ1) is 23.6. The molecule has 0 bridgehead atoms. The van der Waals surface area contributed by atoms with E-state index in [0.717, 1.165) is 16.9 Å². The molecule has 4 rings (SSSR count). The van der Waals surface area contributed by atoms with Crippen LogP contribution in [0.2, 0.25) is 0 Å². The second-order valence-corrected chi connectivity index (χ2v) is 12.8. The lowest BCUT2D eigenvalue weighted by Crippen LogP contribution is -2.38. The molecule has 33 heavy (non-hydrogen) atoms. The second kappa shape index (κ2) is 9.75. The third kappa shape index (κ3) is 5.03. The fraction of sp³-hybridized carbons (Fsp3) is 0.261. The van der Waals surface area contributed by atoms with E-state index in [9.17, 15) is 16.8 Å². The maximum atomic E-state index is 13.4. The van der Waals surface area contributed by atoms with Gasteiger partial charge < -0.3 is 4.74 Å². The number of benzene rings is 2. The lowest BCUT2D eigenvalue weighted by molar-refractivity contribution is 0.0873. The molecule has 7 nitrogen and oxygen atoms in total. The lowest BCUT2D eigenvalue weighted by atomic mass is 10.2. The molecule has 0 radical (unpaired) electrons. The van der Waals surface area contributed by atoms with Crippen LogP contribution in [0.5, 0.6) is 0 Å². The number of sulfonamides is 1. The first-order valence-corrected chi connectivity index (χ1v) is 14.0. The van der Waals surface area contributed by atoms with E-state index in [2.05, 4.69) is 0 Å². The summed E-state index contributed by atoms with van der Waals surface area (Å²) in [5.74, 6) is 0. The minimum absolute atomic E-state index is 0.00181. The summed E-state index contributed by atoms with van der Waals surface area (Å²) in [5, 5.41) is 8.98. The summed E-state index contributed by atoms with van der Waals surface area (Å²) in [5.41, 5.74) is 1.01. The third-order valence-corrected chi connectivity index (χ3v) is 10.6. The van der Waals surface area contributed by atoms with Crippen LogP contribution in [-0.4, -0.2) is 40.3 Å². The number of hydrogen-bond donors (Lipinski definition) is 0. The first-order chi connectivity index (χ1) is 15.8. The molecule has 10 heteroatoms. The van der Waals surface area contributed by atoms with Crippen molar-refractivity contribution in [1.29, 1.82) is 5.26 Å². The van der Waals surface area contributed by atoms with Gasteiger partial charge in [0.25, 0.3) is 0 Å². The van der Waals surface area contributed by atoms with Crippen LogP contribution in [0.3, 0.4) is 0 Å². The second-order valence-electron chi connectivity index (χ2n) is 7.62. The molecule has 1 saturated heterocycles. The van der Waals surface area contributed by atoms with Crippen molar-refractivity contribution < 1.29 is 21.6 Å². The molecule has 2 heterocycles. The lowest BCUT2D eigenvalue weighted by Gasteiger charge is -2.24. The number of nitriles is 1. The van der Waals surface area contributed by atoms with Gasteiger partial charge in [-0.25, -0.2) is 16.8 Å². The summed E-state index contributed by atoms with van der Waals surface area (Å²) in [6.45, 7) is 1.01. The highest BCUT2D eigenvalue weighted by molar-refractivity contribution is 7.93. The minimum Gasteiger partial charge on any atom is -0.375 e. The number of thiophene rings is 1. The first-order valence-electron chi connectivity index (χ1n) is 10.3. The number of rotatable bonds is 8. The van der Waals surface area contributed by atoms with Gasteiger partial charge in [0, 0.05) is 12.6 Å². The number of nitrogens with zero attached hydrogens (tertiary/aromatic N) is 2. The van der Waals surface area contributed by atoms with Gasteiger partial charge in [-0.05, 0) is 48.7 Å². The van der Waals surface area contributed by atoms with E-state index in [1.807, 2.05) is 36.4 Å². The quantitative estimate of drug-likeness (QED) is 0.464. The highest BCUT2D eigenvalue weighted by atomic mass is 32.2. The molecule has 0 unspecified atom stereocenters. The van der Waals surface area contributed by atoms with Crippen LogP contribution in [-0.2, 0) is 31.2 Å². The number of sulfone groups is 1. The van der Waals surface area contributed by atoms with Crippen LogP contribution in [0, 0.1) is 11.3 Å². The predicted molar refractivity (Wildman–Crippen MR) is 124 cm³/mol. The van der Waals surface area contributed by atoms with Crippen LogP contribution in [0.4, 0.5) is 0 Å². The Labute approximate surface area is 197 Å². The molecule has 0 saturated carbocycles. The zero-order valence-corrected chi connectivity index (χ0v) is 20.1. The van der Waals surface area contributed by atoms with E-state index in [1.54, 1.807) is 0 Å². The molecular formula is C23H22N2O5S3. The summed E-state index contributed by atoms with van der Waals surface area (Å²) in [4.78, 5) is 0.0781. The molecule has 0 aliphatic carbocycles. The van der Waals surface area contributed by atoms with E-state index in [-0.39, 0.29) is 31.5 Å². The molecule has 1 aliphatic rings. The largest absolute Gasteiger partial charge is 0.375 e. The van der Waals surface area contributed by atoms with Crippen molar-refractivity contribution in [2.45, 2.75) is 39.5 Å². The maximum absolute atomic E-state index is 13.4. The third-order valence-electron chi connectivity index (χ3n) is 5.42. The Bertz CT molecular complexity index is 1380. The van der Waals surface area contributed by atoms with Crippen molar-refractivity contribution >= 4 is 31.2 Å². The summed E-state index contributed by atoms with van der Waals surface area (Å²) < 4.78 is 59.9. The highest BCUT2D eigenvalue weighted by Gasteiger charge is 2.36. The average Bonchev–Trinajstić information content (AvgIpc) is 3.50. The van der Waals surface area contributed by atoms with Crippen LogP contribution in [0.1, 0.15) is 23.3 Å². The normalized spacial score (nSPS) is 17.1. The summed E-state index contributed by atoms with van der Waals surface area (Å²) >= 11 is 0.855. The standard InChI is InChI=1S/C23H22N2O5S3/c24-15-20-11-12-23(31-20)32(26,27)21-9-4-10-22(14-21)33(28,29)25-13-5-8-19(25)17-30-16-18-6-2-1-3-7-18/h1-4,6-7,9-12,14,19H,5,8,13,16-17H2/t19-/m0/s1. The Morgan fingerprint density at radius 1 is 1.00 bits per heavy atom. The zero-order valence-electron chi connectivity index (χ0n) is 17.6. The molecule has 0 spiro atoms. The molecule has 172 valence electrons. The average molecular weight is 503 g/mol. The Balaban J connectivity index is 1.53. The monoisotopic (exact) mass is 502 g/mol. The topological polar surface area (TPSA) is 105 Å². The molecule has 0 N–H and O–H groups in total. The molecule has 2 aromatic carbocycles. The molecule has 1 atom stereocenters. The van der Waals surface area contributed by atoms with Gasteiger partial charge in [-0.15, -0.1) is 11.3 Å². The molecule has 0 amide bonds. The molecule has 3 aromatic rings. The Morgan fingerprint density at radius 2 is 1.76 bits per heavy atom. The fourth-order valence-electron chi connectivity index (χ4n) is 3.76. The van der Waals surface area contributed by atoms with Crippen molar-refractivity contribution in [1.82, 2.24) is 4.31 Å². The zero-order chi connectivity index (χ0) is 23.5. The minimum atomic E-state index is -3.93. The van der Waals surface area contributed by atoms with E-state index >= 15 is 0 Å². The number of ether oxygens (including phenoxy) is 1. The molecule has 1 aromatic heterocycles. The van der Waals surface area contributed by atoms with Crippen LogP contribution < -0.4 is 0 Å². The molecule has 1 fully saturated rings. The smallest absolute Gasteiger partial charge is 0.243 e. The van der Waals surface area contributed by atoms with E-state index in [1.165, 1.54) is 40.7 Å². The van der Waals surface area contributed by atoms with E-state index in [0.29, 0.717) is 26.0 Å². The van der Waals surface area contributed by atoms with Crippen molar-refractivity contribution in [2.24, 2.45) is 0 Å². The summed E-state index contributed by atoms with van der Waals surface area (Å²) in [7, 11) is -7.84. The van der Waals surface area contributed by atoms with Crippen molar-refractivity contribution in [2.75, 3.05) is 13.2 Å². The van der Waals surface area contributed by atoms with E-state index in [4.69, 9.17) is 10.00 Å². The van der Waals surface area contributed by atoms with Gasteiger partial charge in [0.05, 0.1) is 23.0 Å². The summed E-state index contributed by atoms with van der Waals surface area (Å²) in [6.07, 6.45) is 1.39. The van der Waals surface area contributed by atoms with Crippen LogP contribution >= 0.6 is 11.3 Å². The van der Waals surface area contributed by atoms with Crippen LogP contribution in [0.15, 0.2) is 80.7 Å². The van der Waals surface area contributed by atoms with Crippen molar-refractivity contribution in [3.63, 3.8) is 0 Å². The van der Waals surface area contributed by atoms with Crippen molar-refractivity contribution in [3.8, 4) is 6.07 Å². The maximum Gasteiger partial charge on any atom is 0.243 e. The summed E-state index contributed by atoms with van der Waals surface area (Å²) in [6, 6.07) is 19.4. The van der Waals surface area contributed by atoms with Crippen molar-refractivity contribution in [3.05, 3.63) is 77.2 Å². The predicted octanol–water partition coefficient (Wildman–Crippen LogP) is 3.82. The molecule has 1 aliphatic heterocycles.